The molecule has 0 saturated heterocycles. The highest BCUT2D eigenvalue weighted by Crippen LogP contribution is 2.46. The minimum absolute atomic E-state index is 0.0797. The molecule has 0 unspecified atom stereocenters. The lowest BCUT2D eigenvalue weighted by molar-refractivity contribution is -0.133. The molecule has 0 spiro atoms. The predicted molar refractivity (Wildman–Crippen MR) is 80.6 cm³/mol. The maximum atomic E-state index is 11.2. The van der Waals surface area contributed by atoms with E-state index in [4.69, 9.17) is 5.11 Å². The van der Waals surface area contributed by atoms with Gasteiger partial charge in [0.1, 0.15) is 0 Å². The average Bonchev–Trinajstić information content (AvgIpc) is 2.83. The minimum Gasteiger partial charge on any atom is -0.504 e. The Morgan fingerprint density at radius 2 is 1.95 bits per heavy atom. The van der Waals surface area contributed by atoms with Crippen molar-refractivity contribution >= 4 is 35.0 Å². The Morgan fingerprint density at radius 3 is 2.60 bits per heavy atom. The van der Waals surface area contributed by atoms with E-state index in [1.165, 1.54) is 27.6 Å². The lowest BCUT2D eigenvalue weighted by Crippen LogP contribution is -2.21. The van der Waals surface area contributed by atoms with Crippen LogP contribution in [-0.2, 0) is 4.79 Å². The second-order valence-corrected chi connectivity index (χ2v) is 6.48. The highest BCUT2D eigenvalue weighted by Gasteiger charge is 2.30. The smallest absolute Gasteiger partial charge is 0.356 e. The monoisotopic (exact) mass is 305 g/mol. The van der Waals surface area contributed by atoms with Crippen LogP contribution < -0.4 is 0 Å². The van der Waals surface area contributed by atoms with Gasteiger partial charge in [0.05, 0.1) is 9.77 Å². The van der Waals surface area contributed by atoms with Crippen LogP contribution in [0.4, 0.5) is 0 Å². The SMILES string of the molecule is CN1Sc2cc(-c3ccccc3)sc2C(O)=C1C(=O)O. The second-order valence-electron chi connectivity index (χ2n) is 4.26. The van der Waals surface area contributed by atoms with Gasteiger partial charge in [0.15, 0.2) is 11.5 Å². The van der Waals surface area contributed by atoms with Crippen molar-refractivity contribution in [3.8, 4) is 10.4 Å². The summed E-state index contributed by atoms with van der Waals surface area (Å²) in [4.78, 5) is 13.7. The van der Waals surface area contributed by atoms with Crippen molar-refractivity contribution < 1.29 is 15.0 Å². The first kappa shape index (κ1) is 13.1. The number of benzene rings is 1. The number of nitrogens with zero attached hydrogens (tertiary/aromatic N) is 1. The number of hydrogen-bond acceptors (Lipinski definition) is 5. The summed E-state index contributed by atoms with van der Waals surface area (Å²) < 4.78 is 1.47. The normalized spacial score (nSPS) is 14.3. The number of rotatable bonds is 2. The van der Waals surface area contributed by atoms with Crippen LogP contribution in [0, 0.1) is 0 Å². The van der Waals surface area contributed by atoms with Crippen LogP contribution in [0.2, 0.25) is 0 Å². The summed E-state index contributed by atoms with van der Waals surface area (Å²) in [5.74, 6) is -1.29. The van der Waals surface area contributed by atoms with Crippen molar-refractivity contribution in [2.75, 3.05) is 7.05 Å². The number of aliphatic hydroxyl groups excluding tert-OH is 1. The van der Waals surface area contributed by atoms with Gasteiger partial charge in [-0.3, -0.25) is 0 Å². The highest BCUT2D eigenvalue weighted by atomic mass is 32.2. The molecule has 102 valence electrons. The van der Waals surface area contributed by atoms with Crippen molar-refractivity contribution in [1.82, 2.24) is 4.31 Å². The standard InChI is InChI=1S/C14H11NO3S2/c1-15-11(14(17)18)12(16)13-10(20-15)7-9(19-13)8-5-3-2-4-6-8/h2-7,16H,1H3,(H,17,18). The Labute approximate surface area is 124 Å². The maximum absolute atomic E-state index is 11.2. The topological polar surface area (TPSA) is 60.8 Å². The van der Waals surface area contributed by atoms with Gasteiger partial charge in [-0.25, -0.2) is 4.79 Å². The maximum Gasteiger partial charge on any atom is 0.356 e. The van der Waals surface area contributed by atoms with Crippen molar-refractivity contribution in [3.63, 3.8) is 0 Å². The zero-order chi connectivity index (χ0) is 14.3. The molecule has 3 rings (SSSR count). The largest absolute Gasteiger partial charge is 0.504 e. The fourth-order valence-corrected chi connectivity index (χ4v) is 4.25. The molecule has 0 atom stereocenters. The van der Waals surface area contributed by atoms with Crippen LogP contribution in [0.25, 0.3) is 16.2 Å². The number of carboxylic acids is 1. The molecule has 0 aliphatic carbocycles. The van der Waals surface area contributed by atoms with Gasteiger partial charge in [-0.15, -0.1) is 11.3 Å². The summed E-state index contributed by atoms with van der Waals surface area (Å²) in [6, 6.07) is 11.8. The van der Waals surface area contributed by atoms with E-state index >= 15 is 0 Å². The molecule has 0 bridgehead atoms. The molecule has 0 amide bonds. The molecule has 2 N–H and O–H groups in total. The number of aliphatic hydroxyl groups is 1. The van der Waals surface area contributed by atoms with Gasteiger partial charge in [0.25, 0.3) is 0 Å². The van der Waals surface area contributed by atoms with Gasteiger partial charge in [-0.1, -0.05) is 30.3 Å². The number of carboxylic acid groups (broad SMARTS) is 1. The third kappa shape index (κ3) is 2.07. The van der Waals surface area contributed by atoms with Crippen molar-refractivity contribution in [2.24, 2.45) is 0 Å². The molecule has 6 heteroatoms. The molecule has 1 aliphatic rings. The van der Waals surface area contributed by atoms with Crippen molar-refractivity contribution in [1.29, 1.82) is 0 Å². The van der Waals surface area contributed by atoms with Crippen molar-refractivity contribution in [2.45, 2.75) is 4.90 Å². The van der Waals surface area contributed by atoms with Gasteiger partial charge >= 0.3 is 5.97 Å². The highest BCUT2D eigenvalue weighted by molar-refractivity contribution is 7.97. The molecule has 1 aromatic heterocycles. The van der Waals surface area contributed by atoms with E-state index < -0.39 is 5.97 Å². The molecule has 1 aromatic carbocycles. The molecule has 2 aromatic rings. The first-order chi connectivity index (χ1) is 9.58. The second kappa shape index (κ2) is 4.88. The van der Waals surface area contributed by atoms with E-state index in [9.17, 15) is 9.90 Å². The van der Waals surface area contributed by atoms with E-state index in [-0.39, 0.29) is 11.5 Å². The third-order valence-electron chi connectivity index (χ3n) is 2.95. The van der Waals surface area contributed by atoms with Gasteiger partial charge in [0.2, 0.25) is 0 Å². The quantitative estimate of drug-likeness (QED) is 0.829. The number of aliphatic carboxylic acids is 1. The molecular formula is C14H11NO3S2. The van der Waals surface area contributed by atoms with Gasteiger partial charge in [-0.05, 0) is 23.6 Å². The first-order valence-electron chi connectivity index (χ1n) is 5.86. The molecule has 4 nitrogen and oxygen atoms in total. The Morgan fingerprint density at radius 1 is 1.25 bits per heavy atom. The summed E-state index contributed by atoms with van der Waals surface area (Å²) in [7, 11) is 1.63. The van der Waals surface area contributed by atoms with Crippen LogP contribution in [0.1, 0.15) is 4.88 Å². The van der Waals surface area contributed by atoms with Crippen LogP contribution >= 0.6 is 23.3 Å². The summed E-state index contributed by atoms with van der Waals surface area (Å²) in [5.41, 5.74) is 0.976. The molecule has 0 fully saturated rings. The fourth-order valence-electron chi connectivity index (χ4n) is 2.04. The van der Waals surface area contributed by atoms with Crippen molar-refractivity contribution in [3.05, 3.63) is 47.0 Å². The lowest BCUT2D eigenvalue weighted by Gasteiger charge is -2.23. The molecule has 2 heterocycles. The van der Waals surface area contributed by atoms with Gasteiger partial charge < -0.3 is 14.5 Å². The fraction of sp³-hybridized carbons (Fsp3) is 0.0714. The number of carbonyl (C=O) groups is 1. The first-order valence-corrected chi connectivity index (χ1v) is 7.45. The van der Waals surface area contributed by atoms with Gasteiger partial charge in [-0.2, -0.15) is 0 Å². The van der Waals surface area contributed by atoms with E-state index in [0.29, 0.717) is 4.88 Å². The summed E-state index contributed by atoms with van der Waals surface area (Å²) >= 11 is 2.71. The Kier molecular flexibility index (Phi) is 3.19. The number of thiophene rings is 1. The lowest BCUT2D eigenvalue weighted by atomic mass is 10.2. The Balaban J connectivity index is 2.12. The van der Waals surface area contributed by atoms with Gasteiger partial charge in [0, 0.05) is 11.9 Å². The van der Waals surface area contributed by atoms with E-state index in [2.05, 4.69) is 0 Å². The number of hydrogen-bond donors (Lipinski definition) is 2. The average molecular weight is 305 g/mol. The van der Waals surface area contributed by atoms with E-state index in [1.54, 1.807) is 7.05 Å². The van der Waals surface area contributed by atoms with Crippen LogP contribution in [0.3, 0.4) is 0 Å². The number of likely N-dealkylation sites (N-methyl/N-ethyl adjacent to an activating group) is 1. The van der Waals surface area contributed by atoms with Crippen LogP contribution in [-0.4, -0.2) is 27.5 Å². The third-order valence-corrected chi connectivity index (χ3v) is 5.24. The zero-order valence-corrected chi connectivity index (χ0v) is 12.2. The van der Waals surface area contributed by atoms with E-state index in [1.807, 2.05) is 36.4 Å². The molecule has 20 heavy (non-hydrogen) atoms. The summed E-state index contributed by atoms with van der Waals surface area (Å²) in [6.45, 7) is 0. The van der Waals surface area contributed by atoms with Crippen LogP contribution in [0.15, 0.2) is 47.0 Å². The Hall–Kier alpha value is -1.92. The minimum atomic E-state index is -1.13. The molecule has 1 aliphatic heterocycles. The molecular weight excluding hydrogens is 294 g/mol. The zero-order valence-electron chi connectivity index (χ0n) is 10.5. The van der Waals surface area contributed by atoms with Crippen LogP contribution in [0.5, 0.6) is 0 Å². The number of fused-ring (bicyclic) bond motifs is 1. The molecule has 0 saturated carbocycles. The predicted octanol–water partition coefficient (Wildman–Crippen LogP) is 3.68. The summed E-state index contributed by atoms with van der Waals surface area (Å²) in [5, 5.41) is 19.3. The Bertz CT molecular complexity index is 706. The summed E-state index contributed by atoms with van der Waals surface area (Å²) in [6.07, 6.45) is 0. The molecule has 0 radical (unpaired) electrons. The van der Waals surface area contributed by atoms with E-state index in [0.717, 1.165) is 15.3 Å².